The van der Waals surface area contributed by atoms with Gasteiger partial charge >= 0.3 is 0 Å². The van der Waals surface area contributed by atoms with E-state index in [2.05, 4.69) is 84.0 Å². The lowest BCUT2D eigenvalue weighted by Crippen LogP contribution is -2.00. The third-order valence-electron chi connectivity index (χ3n) is 4.66. The zero-order chi connectivity index (χ0) is 17.4. The Hall–Kier alpha value is -2.15. The van der Waals surface area contributed by atoms with E-state index in [0.29, 0.717) is 11.8 Å². The molecule has 2 aromatic carbocycles. The number of hydrogen-bond donors (Lipinski definition) is 0. The fourth-order valence-electron chi connectivity index (χ4n) is 3.49. The maximum absolute atomic E-state index is 4.97. The lowest BCUT2D eigenvalue weighted by molar-refractivity contribution is 0.792. The lowest BCUT2D eigenvalue weighted by Gasteiger charge is -2.17. The quantitative estimate of drug-likeness (QED) is 0.519. The number of nitrogens with zero attached hydrogens (tertiary/aromatic N) is 1. The second-order valence-corrected chi connectivity index (χ2v) is 7.56. The van der Waals surface area contributed by atoms with Gasteiger partial charge in [0.1, 0.15) is 0 Å². The van der Waals surface area contributed by atoms with Crippen LogP contribution in [0, 0.1) is 13.8 Å². The molecule has 0 fully saturated rings. The minimum absolute atomic E-state index is 0.512. The molecule has 0 unspecified atom stereocenters. The summed E-state index contributed by atoms with van der Waals surface area (Å²) in [6.07, 6.45) is 0. The van der Waals surface area contributed by atoms with Crippen molar-refractivity contribution < 1.29 is 0 Å². The largest absolute Gasteiger partial charge is 0.248 e. The molecule has 0 aliphatic carbocycles. The second kappa shape index (κ2) is 6.39. The van der Waals surface area contributed by atoms with Gasteiger partial charge in [-0.25, -0.2) is 4.98 Å². The Morgan fingerprint density at radius 2 is 1.29 bits per heavy atom. The molecule has 0 atom stereocenters. The average Bonchev–Trinajstić information content (AvgIpc) is 2.51. The van der Waals surface area contributed by atoms with Gasteiger partial charge in [0.25, 0.3) is 0 Å². The molecule has 3 rings (SSSR count). The topological polar surface area (TPSA) is 12.9 Å². The number of benzene rings is 2. The molecule has 0 amide bonds. The van der Waals surface area contributed by atoms with E-state index >= 15 is 0 Å². The van der Waals surface area contributed by atoms with Gasteiger partial charge in [0.2, 0.25) is 0 Å². The molecule has 0 aliphatic heterocycles. The summed E-state index contributed by atoms with van der Waals surface area (Å²) in [6.45, 7) is 13.4. The predicted octanol–water partition coefficient (Wildman–Crippen LogP) is 6.77. The highest BCUT2D eigenvalue weighted by Gasteiger charge is 2.13. The van der Waals surface area contributed by atoms with E-state index in [1.165, 1.54) is 33.2 Å². The molecule has 0 saturated carbocycles. The highest BCUT2D eigenvalue weighted by atomic mass is 14.7. The van der Waals surface area contributed by atoms with Gasteiger partial charge in [0, 0.05) is 10.9 Å². The summed E-state index contributed by atoms with van der Waals surface area (Å²) in [5.74, 6) is 1.05. The van der Waals surface area contributed by atoms with E-state index in [4.69, 9.17) is 4.98 Å². The van der Waals surface area contributed by atoms with Crippen LogP contribution < -0.4 is 0 Å². The van der Waals surface area contributed by atoms with Crippen LogP contribution in [0.25, 0.3) is 22.2 Å². The van der Waals surface area contributed by atoms with Crippen LogP contribution in [0.1, 0.15) is 61.8 Å². The monoisotopic (exact) mass is 317 g/mol. The normalized spacial score (nSPS) is 11.7. The van der Waals surface area contributed by atoms with Gasteiger partial charge in [-0.3, -0.25) is 0 Å². The first-order chi connectivity index (χ1) is 11.3. The summed E-state index contributed by atoms with van der Waals surface area (Å²) < 4.78 is 0. The van der Waals surface area contributed by atoms with Gasteiger partial charge in [-0.15, -0.1) is 0 Å². The van der Waals surface area contributed by atoms with Crippen molar-refractivity contribution in [3.8, 4) is 11.3 Å². The molecule has 0 spiro atoms. The molecule has 124 valence electrons. The first-order valence-corrected chi connectivity index (χ1v) is 8.88. The van der Waals surface area contributed by atoms with E-state index < -0.39 is 0 Å². The smallest absolute Gasteiger partial charge is 0.0712 e. The van der Waals surface area contributed by atoms with Crippen LogP contribution in [0.5, 0.6) is 0 Å². The van der Waals surface area contributed by atoms with Crippen LogP contribution in [-0.2, 0) is 0 Å². The van der Waals surface area contributed by atoms with Crippen molar-refractivity contribution >= 4 is 10.9 Å². The van der Waals surface area contributed by atoms with Crippen LogP contribution in [0.3, 0.4) is 0 Å². The Bertz CT molecular complexity index is 868. The molecule has 1 aromatic heterocycles. The summed E-state index contributed by atoms with van der Waals surface area (Å²) in [5, 5.41) is 1.23. The Kier molecular flexibility index (Phi) is 4.45. The Morgan fingerprint density at radius 1 is 0.708 bits per heavy atom. The molecule has 1 heterocycles. The van der Waals surface area contributed by atoms with Crippen molar-refractivity contribution in [2.75, 3.05) is 0 Å². The van der Waals surface area contributed by atoms with Crippen molar-refractivity contribution in [2.45, 2.75) is 53.4 Å². The second-order valence-electron chi connectivity index (χ2n) is 7.56. The number of aryl methyl sites for hydroxylation is 2. The van der Waals surface area contributed by atoms with Crippen LogP contribution >= 0.6 is 0 Å². The zero-order valence-electron chi connectivity index (χ0n) is 15.6. The van der Waals surface area contributed by atoms with E-state index in [1.54, 1.807) is 0 Å². The van der Waals surface area contributed by atoms with Gasteiger partial charge in [0.15, 0.2) is 0 Å². The molecule has 0 saturated heterocycles. The van der Waals surface area contributed by atoms with Crippen molar-refractivity contribution in [1.82, 2.24) is 4.98 Å². The Balaban J connectivity index is 2.19. The molecule has 3 aromatic rings. The van der Waals surface area contributed by atoms with Crippen LogP contribution in [-0.4, -0.2) is 4.98 Å². The van der Waals surface area contributed by atoms with Gasteiger partial charge in [0.05, 0.1) is 11.2 Å². The Morgan fingerprint density at radius 3 is 1.88 bits per heavy atom. The van der Waals surface area contributed by atoms with Crippen molar-refractivity contribution in [2.24, 2.45) is 0 Å². The molecule has 24 heavy (non-hydrogen) atoms. The van der Waals surface area contributed by atoms with Gasteiger partial charge in [-0.05, 0) is 67.1 Å². The molecule has 0 aliphatic rings. The number of fused-ring (bicyclic) bond motifs is 1. The number of rotatable bonds is 3. The third-order valence-corrected chi connectivity index (χ3v) is 4.66. The summed E-state index contributed by atoms with van der Waals surface area (Å²) in [6, 6.07) is 15.6. The van der Waals surface area contributed by atoms with E-state index in [-0.39, 0.29) is 0 Å². The van der Waals surface area contributed by atoms with Gasteiger partial charge in [-0.2, -0.15) is 0 Å². The number of hydrogen-bond acceptors (Lipinski definition) is 1. The lowest BCUT2D eigenvalue weighted by atomic mass is 9.89. The average molecular weight is 317 g/mol. The molecule has 1 nitrogen and oxygen atoms in total. The standard InChI is InChI=1S/C23H27N/c1-14(2)20-12-18-7-8-22(19-10-16(5)9-17(6)11-19)24-23(18)13-21(20)15(3)4/h7-15H,1-6H3. The summed E-state index contributed by atoms with van der Waals surface area (Å²) in [4.78, 5) is 4.97. The van der Waals surface area contributed by atoms with Crippen molar-refractivity contribution in [3.63, 3.8) is 0 Å². The van der Waals surface area contributed by atoms with E-state index in [0.717, 1.165) is 11.2 Å². The maximum Gasteiger partial charge on any atom is 0.0712 e. The van der Waals surface area contributed by atoms with Crippen molar-refractivity contribution in [1.29, 1.82) is 0 Å². The minimum Gasteiger partial charge on any atom is -0.248 e. The first kappa shape index (κ1) is 16.7. The molecule has 0 N–H and O–H groups in total. The molecular weight excluding hydrogens is 290 g/mol. The molecule has 0 radical (unpaired) electrons. The van der Waals surface area contributed by atoms with Crippen LogP contribution in [0.15, 0.2) is 42.5 Å². The summed E-state index contributed by atoms with van der Waals surface area (Å²) in [7, 11) is 0. The van der Waals surface area contributed by atoms with E-state index in [1.807, 2.05) is 0 Å². The van der Waals surface area contributed by atoms with Crippen molar-refractivity contribution in [3.05, 3.63) is 64.7 Å². The SMILES string of the molecule is Cc1cc(C)cc(-c2ccc3cc(C(C)C)c(C(C)C)cc3n2)c1. The highest BCUT2D eigenvalue weighted by molar-refractivity contribution is 5.83. The summed E-state index contributed by atoms with van der Waals surface area (Å²) in [5.41, 5.74) is 8.78. The van der Waals surface area contributed by atoms with Gasteiger partial charge < -0.3 is 0 Å². The number of pyridine rings is 1. The molecule has 0 bridgehead atoms. The fourth-order valence-corrected chi connectivity index (χ4v) is 3.49. The molecular formula is C23H27N. The minimum atomic E-state index is 0.512. The first-order valence-electron chi connectivity index (χ1n) is 8.88. The zero-order valence-corrected chi connectivity index (χ0v) is 15.6. The molecule has 1 heteroatoms. The highest BCUT2D eigenvalue weighted by Crippen LogP contribution is 2.31. The Labute approximate surface area is 145 Å². The third kappa shape index (κ3) is 3.21. The maximum atomic E-state index is 4.97. The van der Waals surface area contributed by atoms with E-state index in [9.17, 15) is 0 Å². The summed E-state index contributed by atoms with van der Waals surface area (Å²) >= 11 is 0. The number of aromatic nitrogens is 1. The predicted molar refractivity (Wildman–Crippen MR) is 105 cm³/mol. The van der Waals surface area contributed by atoms with Gasteiger partial charge in [-0.1, -0.05) is 51.0 Å². The van der Waals surface area contributed by atoms with Crippen LogP contribution in [0.2, 0.25) is 0 Å². The van der Waals surface area contributed by atoms with Crippen LogP contribution in [0.4, 0.5) is 0 Å². The fraction of sp³-hybridized carbons (Fsp3) is 0.348.